The Morgan fingerprint density at radius 3 is 2.42 bits per heavy atom. The first-order valence-corrected chi connectivity index (χ1v) is 8.14. The molecular formula is C17H21ClN4O2. The number of hydrogen-bond acceptors (Lipinski definition) is 3. The Morgan fingerprint density at radius 1 is 1.17 bits per heavy atom. The molecule has 2 N–H and O–H groups in total. The van der Waals surface area contributed by atoms with Crippen molar-refractivity contribution in [1.29, 1.82) is 0 Å². The van der Waals surface area contributed by atoms with Gasteiger partial charge in [-0.1, -0.05) is 25.4 Å². The van der Waals surface area contributed by atoms with E-state index in [2.05, 4.69) is 15.7 Å². The van der Waals surface area contributed by atoms with E-state index >= 15 is 0 Å². The summed E-state index contributed by atoms with van der Waals surface area (Å²) < 4.78 is 1.69. The van der Waals surface area contributed by atoms with Gasteiger partial charge in [0.2, 0.25) is 5.91 Å². The van der Waals surface area contributed by atoms with Crippen LogP contribution in [0.3, 0.4) is 0 Å². The molecule has 0 radical (unpaired) electrons. The maximum Gasteiger partial charge on any atom is 0.254 e. The number of aromatic nitrogens is 2. The molecule has 2 aromatic rings. The zero-order valence-electron chi connectivity index (χ0n) is 14.0. The quantitative estimate of drug-likeness (QED) is 0.787. The lowest BCUT2D eigenvalue weighted by Gasteiger charge is -2.09. The van der Waals surface area contributed by atoms with Gasteiger partial charge in [-0.2, -0.15) is 5.10 Å². The summed E-state index contributed by atoms with van der Waals surface area (Å²) in [5.74, 6) is -0.317. The molecule has 0 aliphatic rings. The summed E-state index contributed by atoms with van der Waals surface area (Å²) in [6, 6.07) is 7.22. The van der Waals surface area contributed by atoms with Crippen molar-refractivity contribution < 1.29 is 9.59 Å². The van der Waals surface area contributed by atoms with Crippen LogP contribution in [-0.4, -0.2) is 34.7 Å². The number of halogens is 1. The van der Waals surface area contributed by atoms with E-state index in [1.165, 1.54) is 6.20 Å². The zero-order valence-corrected chi connectivity index (χ0v) is 14.7. The van der Waals surface area contributed by atoms with Crippen molar-refractivity contribution in [3.63, 3.8) is 0 Å². The highest BCUT2D eigenvalue weighted by Gasteiger charge is 2.15. The standard InChI is InChI=1S/C17H21ClN4O2/c1-11(2)16(23)19-8-9-20-17(24)15-10-21-22(12(15)3)14-6-4-13(18)5-7-14/h4-7,10-11H,8-9H2,1-3H3,(H,19,23)(H,20,24). The van der Waals surface area contributed by atoms with Gasteiger partial charge in [0.25, 0.3) is 5.91 Å². The van der Waals surface area contributed by atoms with Crippen LogP contribution in [0.15, 0.2) is 30.5 Å². The largest absolute Gasteiger partial charge is 0.354 e. The number of rotatable bonds is 6. The molecule has 7 heteroatoms. The first-order chi connectivity index (χ1) is 11.4. The molecule has 2 amide bonds. The molecule has 0 aliphatic heterocycles. The zero-order chi connectivity index (χ0) is 17.7. The van der Waals surface area contributed by atoms with Crippen LogP contribution in [0.2, 0.25) is 5.02 Å². The van der Waals surface area contributed by atoms with Crippen molar-refractivity contribution in [2.24, 2.45) is 5.92 Å². The highest BCUT2D eigenvalue weighted by molar-refractivity contribution is 6.30. The van der Waals surface area contributed by atoms with E-state index in [0.29, 0.717) is 23.7 Å². The molecule has 1 aromatic carbocycles. The van der Waals surface area contributed by atoms with E-state index in [4.69, 9.17) is 11.6 Å². The van der Waals surface area contributed by atoms with Crippen LogP contribution in [0.5, 0.6) is 0 Å². The maximum atomic E-state index is 12.2. The topological polar surface area (TPSA) is 76.0 Å². The summed E-state index contributed by atoms with van der Waals surface area (Å²) in [7, 11) is 0. The Balaban J connectivity index is 1.96. The fourth-order valence-electron chi connectivity index (χ4n) is 2.14. The molecule has 24 heavy (non-hydrogen) atoms. The molecule has 0 atom stereocenters. The Morgan fingerprint density at radius 2 is 1.79 bits per heavy atom. The van der Waals surface area contributed by atoms with Gasteiger partial charge in [-0.15, -0.1) is 0 Å². The minimum Gasteiger partial charge on any atom is -0.354 e. The minimum absolute atomic E-state index is 0.0315. The summed E-state index contributed by atoms with van der Waals surface area (Å²) in [4.78, 5) is 23.7. The van der Waals surface area contributed by atoms with Gasteiger partial charge in [-0.25, -0.2) is 4.68 Å². The number of hydrogen-bond donors (Lipinski definition) is 2. The Kier molecular flexibility index (Phi) is 5.98. The molecule has 1 aromatic heterocycles. The highest BCUT2D eigenvalue weighted by atomic mass is 35.5. The molecule has 2 rings (SSSR count). The molecule has 0 fully saturated rings. The minimum atomic E-state index is -0.216. The molecule has 0 unspecified atom stereocenters. The van der Waals surface area contributed by atoms with Crippen LogP contribution < -0.4 is 10.6 Å². The molecule has 0 bridgehead atoms. The lowest BCUT2D eigenvalue weighted by molar-refractivity contribution is -0.123. The fourth-order valence-corrected chi connectivity index (χ4v) is 2.26. The van der Waals surface area contributed by atoms with E-state index in [-0.39, 0.29) is 17.7 Å². The van der Waals surface area contributed by atoms with Gasteiger partial charge in [0.1, 0.15) is 0 Å². The van der Waals surface area contributed by atoms with Crippen molar-refractivity contribution >= 4 is 23.4 Å². The third-order valence-corrected chi connectivity index (χ3v) is 3.81. The smallest absolute Gasteiger partial charge is 0.254 e. The number of nitrogens with one attached hydrogen (secondary N) is 2. The molecule has 0 saturated heterocycles. The third kappa shape index (κ3) is 4.35. The Bertz CT molecular complexity index is 723. The van der Waals surface area contributed by atoms with E-state index in [9.17, 15) is 9.59 Å². The summed E-state index contributed by atoms with van der Waals surface area (Å²) in [5, 5.41) is 10.4. The van der Waals surface area contributed by atoms with Crippen molar-refractivity contribution in [2.75, 3.05) is 13.1 Å². The van der Waals surface area contributed by atoms with Gasteiger partial charge in [0.05, 0.1) is 23.1 Å². The van der Waals surface area contributed by atoms with Crippen LogP contribution in [0.1, 0.15) is 29.9 Å². The molecule has 0 aliphatic carbocycles. The van der Waals surface area contributed by atoms with Gasteiger partial charge in [-0.3, -0.25) is 9.59 Å². The van der Waals surface area contributed by atoms with Crippen LogP contribution in [0.4, 0.5) is 0 Å². The second kappa shape index (κ2) is 7.97. The molecule has 0 spiro atoms. The number of nitrogens with zero attached hydrogens (tertiary/aromatic N) is 2. The number of carbonyl (C=O) groups is 2. The average Bonchev–Trinajstić information content (AvgIpc) is 2.93. The van der Waals surface area contributed by atoms with Crippen LogP contribution in [0.25, 0.3) is 5.69 Å². The van der Waals surface area contributed by atoms with Gasteiger partial charge in [0, 0.05) is 24.0 Å². The predicted octanol–water partition coefficient (Wildman–Crippen LogP) is 2.34. The number of benzene rings is 1. The highest BCUT2D eigenvalue weighted by Crippen LogP contribution is 2.16. The fraction of sp³-hybridized carbons (Fsp3) is 0.353. The molecule has 0 saturated carbocycles. The summed E-state index contributed by atoms with van der Waals surface area (Å²) in [6.45, 7) is 6.23. The SMILES string of the molecule is Cc1c(C(=O)NCCNC(=O)C(C)C)cnn1-c1ccc(Cl)cc1. The van der Waals surface area contributed by atoms with Gasteiger partial charge < -0.3 is 10.6 Å². The van der Waals surface area contributed by atoms with Gasteiger partial charge in [0.15, 0.2) is 0 Å². The van der Waals surface area contributed by atoms with Gasteiger partial charge in [-0.05, 0) is 31.2 Å². The van der Waals surface area contributed by atoms with Crippen molar-refractivity contribution in [2.45, 2.75) is 20.8 Å². The number of amides is 2. The van der Waals surface area contributed by atoms with E-state index in [1.807, 2.05) is 32.9 Å². The molecular weight excluding hydrogens is 328 g/mol. The first kappa shape index (κ1) is 18.0. The van der Waals surface area contributed by atoms with Crippen molar-refractivity contribution in [3.05, 3.63) is 46.7 Å². The van der Waals surface area contributed by atoms with Crippen LogP contribution in [-0.2, 0) is 4.79 Å². The third-order valence-electron chi connectivity index (χ3n) is 3.56. The van der Waals surface area contributed by atoms with Crippen molar-refractivity contribution in [3.8, 4) is 5.69 Å². The lowest BCUT2D eigenvalue weighted by atomic mass is 10.2. The molecule has 128 valence electrons. The average molecular weight is 349 g/mol. The molecule has 6 nitrogen and oxygen atoms in total. The summed E-state index contributed by atoms with van der Waals surface area (Å²) in [5.41, 5.74) is 2.07. The number of carbonyl (C=O) groups excluding carboxylic acids is 2. The summed E-state index contributed by atoms with van der Waals surface area (Å²) in [6.07, 6.45) is 1.53. The second-order valence-corrected chi connectivity index (χ2v) is 6.17. The summed E-state index contributed by atoms with van der Waals surface area (Å²) >= 11 is 5.88. The monoisotopic (exact) mass is 348 g/mol. The van der Waals surface area contributed by atoms with Crippen LogP contribution in [0, 0.1) is 12.8 Å². The van der Waals surface area contributed by atoms with E-state index in [0.717, 1.165) is 11.4 Å². The maximum absolute atomic E-state index is 12.2. The Labute approximate surface area is 146 Å². The second-order valence-electron chi connectivity index (χ2n) is 5.73. The van der Waals surface area contributed by atoms with E-state index < -0.39 is 0 Å². The Hall–Kier alpha value is -2.34. The van der Waals surface area contributed by atoms with Crippen LogP contribution >= 0.6 is 11.6 Å². The molecule has 1 heterocycles. The predicted molar refractivity (Wildman–Crippen MR) is 93.5 cm³/mol. The first-order valence-electron chi connectivity index (χ1n) is 7.76. The normalized spacial score (nSPS) is 10.7. The van der Waals surface area contributed by atoms with Crippen molar-refractivity contribution in [1.82, 2.24) is 20.4 Å². The van der Waals surface area contributed by atoms with E-state index in [1.54, 1.807) is 16.8 Å². The van der Waals surface area contributed by atoms with Gasteiger partial charge >= 0.3 is 0 Å². The lowest BCUT2D eigenvalue weighted by Crippen LogP contribution is -2.36.